The number of nitrogens with one attached hydrogen (secondary N) is 1. The molecule has 0 spiro atoms. The van der Waals surface area contributed by atoms with Gasteiger partial charge in [0.05, 0.1) is 0 Å². The molecule has 23 heavy (non-hydrogen) atoms. The van der Waals surface area contributed by atoms with Gasteiger partial charge in [-0.25, -0.2) is 4.79 Å². The van der Waals surface area contributed by atoms with Crippen molar-refractivity contribution >= 4 is 44.9 Å². The molecule has 1 aliphatic rings. The van der Waals surface area contributed by atoms with Crippen LogP contribution in [0.3, 0.4) is 0 Å². The number of amides is 2. The molecule has 0 unspecified atom stereocenters. The van der Waals surface area contributed by atoms with Gasteiger partial charge in [-0.3, -0.25) is 0 Å². The quantitative estimate of drug-likeness (QED) is 0.816. The minimum atomic E-state index is -0.0669. The Morgan fingerprint density at radius 2 is 1.57 bits per heavy atom. The highest BCUT2D eigenvalue weighted by Gasteiger charge is 2.21. The lowest BCUT2D eigenvalue weighted by atomic mass is 10.2. The molecular formula is C17H17BrClN3O. The molecule has 4 nitrogen and oxygen atoms in total. The molecule has 0 bridgehead atoms. The Kier molecular flexibility index (Phi) is 5.08. The van der Waals surface area contributed by atoms with Crippen molar-refractivity contribution in [1.82, 2.24) is 4.90 Å². The van der Waals surface area contributed by atoms with Gasteiger partial charge in [-0.2, -0.15) is 0 Å². The monoisotopic (exact) mass is 393 g/mol. The number of piperazine rings is 1. The van der Waals surface area contributed by atoms with Crippen LogP contribution in [-0.2, 0) is 0 Å². The van der Waals surface area contributed by atoms with Crippen LogP contribution in [-0.4, -0.2) is 37.1 Å². The Hall–Kier alpha value is -1.72. The minimum Gasteiger partial charge on any atom is -0.368 e. The van der Waals surface area contributed by atoms with E-state index in [1.54, 1.807) is 24.3 Å². The average molecular weight is 395 g/mol. The van der Waals surface area contributed by atoms with Gasteiger partial charge in [-0.1, -0.05) is 27.5 Å². The summed E-state index contributed by atoms with van der Waals surface area (Å²) in [6.07, 6.45) is 0. The van der Waals surface area contributed by atoms with Crippen molar-refractivity contribution in [2.75, 3.05) is 36.4 Å². The maximum atomic E-state index is 12.3. The minimum absolute atomic E-state index is 0.0669. The highest BCUT2D eigenvalue weighted by atomic mass is 79.9. The van der Waals surface area contributed by atoms with Crippen LogP contribution in [0.2, 0.25) is 5.02 Å². The zero-order chi connectivity index (χ0) is 16.2. The van der Waals surface area contributed by atoms with Gasteiger partial charge >= 0.3 is 6.03 Å². The summed E-state index contributed by atoms with van der Waals surface area (Å²) in [5.41, 5.74) is 1.95. The van der Waals surface area contributed by atoms with Crippen molar-refractivity contribution in [1.29, 1.82) is 0 Å². The summed E-state index contributed by atoms with van der Waals surface area (Å²) in [6, 6.07) is 15.3. The molecule has 120 valence electrons. The summed E-state index contributed by atoms with van der Waals surface area (Å²) in [7, 11) is 0. The molecule has 1 aliphatic heterocycles. The fourth-order valence-corrected chi connectivity index (χ4v) is 2.95. The molecule has 2 amide bonds. The highest BCUT2D eigenvalue weighted by Crippen LogP contribution is 2.20. The first kappa shape index (κ1) is 16.1. The van der Waals surface area contributed by atoms with Gasteiger partial charge in [0.1, 0.15) is 0 Å². The van der Waals surface area contributed by atoms with Crippen LogP contribution < -0.4 is 10.2 Å². The second-order valence-electron chi connectivity index (χ2n) is 5.39. The van der Waals surface area contributed by atoms with Crippen LogP contribution in [0, 0.1) is 0 Å². The number of hydrogen-bond acceptors (Lipinski definition) is 2. The molecule has 0 radical (unpaired) electrons. The molecule has 2 aromatic rings. The molecule has 6 heteroatoms. The standard InChI is InChI=1S/C17H17BrClN3O/c18-13-1-7-16(8-2-13)21-9-11-22(12-10-21)17(23)20-15-5-3-14(19)4-6-15/h1-8H,9-12H2,(H,20,23). The Morgan fingerprint density at radius 3 is 2.17 bits per heavy atom. The summed E-state index contributed by atoms with van der Waals surface area (Å²) in [5.74, 6) is 0. The van der Waals surface area contributed by atoms with E-state index in [0.29, 0.717) is 18.1 Å². The molecule has 1 heterocycles. The summed E-state index contributed by atoms with van der Waals surface area (Å²) >= 11 is 9.30. The smallest absolute Gasteiger partial charge is 0.321 e. The number of halogens is 2. The van der Waals surface area contributed by atoms with E-state index in [-0.39, 0.29) is 6.03 Å². The number of nitrogens with zero attached hydrogens (tertiary/aromatic N) is 2. The predicted octanol–water partition coefficient (Wildman–Crippen LogP) is 4.46. The summed E-state index contributed by atoms with van der Waals surface area (Å²) < 4.78 is 1.07. The molecule has 3 rings (SSSR count). The van der Waals surface area contributed by atoms with Crippen LogP contribution in [0.25, 0.3) is 0 Å². The fraction of sp³-hybridized carbons (Fsp3) is 0.235. The van der Waals surface area contributed by atoms with E-state index in [0.717, 1.165) is 23.2 Å². The molecule has 1 N–H and O–H groups in total. The van der Waals surface area contributed by atoms with E-state index in [1.807, 2.05) is 17.0 Å². The molecule has 0 saturated carbocycles. The molecule has 1 saturated heterocycles. The Labute approximate surface area is 149 Å². The van der Waals surface area contributed by atoms with E-state index < -0.39 is 0 Å². The first-order valence-electron chi connectivity index (χ1n) is 7.44. The number of urea groups is 1. The summed E-state index contributed by atoms with van der Waals surface area (Å²) in [5, 5.41) is 3.56. The van der Waals surface area contributed by atoms with Crippen molar-refractivity contribution in [2.24, 2.45) is 0 Å². The first-order valence-corrected chi connectivity index (χ1v) is 8.61. The molecular weight excluding hydrogens is 378 g/mol. The van der Waals surface area contributed by atoms with Gasteiger partial charge < -0.3 is 15.1 Å². The van der Waals surface area contributed by atoms with Gasteiger partial charge in [0.15, 0.2) is 0 Å². The zero-order valence-electron chi connectivity index (χ0n) is 12.5. The third-order valence-electron chi connectivity index (χ3n) is 3.85. The number of hydrogen-bond donors (Lipinski definition) is 1. The van der Waals surface area contributed by atoms with Gasteiger partial charge in [-0.05, 0) is 48.5 Å². The van der Waals surface area contributed by atoms with Crippen molar-refractivity contribution in [3.05, 3.63) is 58.0 Å². The average Bonchev–Trinajstić information content (AvgIpc) is 2.58. The number of rotatable bonds is 2. The van der Waals surface area contributed by atoms with Crippen LogP contribution in [0.4, 0.5) is 16.2 Å². The number of carbonyl (C=O) groups is 1. The van der Waals surface area contributed by atoms with E-state index in [2.05, 4.69) is 38.3 Å². The highest BCUT2D eigenvalue weighted by molar-refractivity contribution is 9.10. The first-order chi connectivity index (χ1) is 11.1. The van der Waals surface area contributed by atoms with Crippen LogP contribution in [0.1, 0.15) is 0 Å². The van der Waals surface area contributed by atoms with E-state index in [1.165, 1.54) is 5.69 Å². The molecule has 0 aliphatic carbocycles. The maximum Gasteiger partial charge on any atom is 0.321 e. The Bertz CT molecular complexity index is 667. The van der Waals surface area contributed by atoms with Crippen LogP contribution >= 0.6 is 27.5 Å². The topological polar surface area (TPSA) is 35.6 Å². The lowest BCUT2D eigenvalue weighted by molar-refractivity contribution is 0.208. The second-order valence-corrected chi connectivity index (χ2v) is 6.74. The largest absolute Gasteiger partial charge is 0.368 e. The molecule has 2 aromatic carbocycles. The maximum absolute atomic E-state index is 12.3. The SMILES string of the molecule is O=C(Nc1ccc(Cl)cc1)N1CCN(c2ccc(Br)cc2)CC1. The third kappa shape index (κ3) is 4.18. The van der Waals surface area contributed by atoms with Crippen molar-refractivity contribution in [3.8, 4) is 0 Å². The lowest BCUT2D eigenvalue weighted by Gasteiger charge is -2.36. The van der Waals surface area contributed by atoms with E-state index in [4.69, 9.17) is 11.6 Å². The number of benzene rings is 2. The van der Waals surface area contributed by atoms with Gasteiger partial charge in [0.25, 0.3) is 0 Å². The van der Waals surface area contributed by atoms with Gasteiger partial charge in [0.2, 0.25) is 0 Å². The molecule has 0 atom stereocenters. The second kappa shape index (κ2) is 7.23. The van der Waals surface area contributed by atoms with Gasteiger partial charge in [0, 0.05) is 47.0 Å². The molecule has 1 fully saturated rings. The predicted molar refractivity (Wildman–Crippen MR) is 98.4 cm³/mol. The van der Waals surface area contributed by atoms with Crippen molar-refractivity contribution < 1.29 is 4.79 Å². The normalized spacial score (nSPS) is 14.7. The fourth-order valence-electron chi connectivity index (χ4n) is 2.56. The Balaban J connectivity index is 1.54. The van der Waals surface area contributed by atoms with E-state index >= 15 is 0 Å². The lowest BCUT2D eigenvalue weighted by Crippen LogP contribution is -2.50. The third-order valence-corrected chi connectivity index (χ3v) is 4.63. The van der Waals surface area contributed by atoms with Crippen molar-refractivity contribution in [3.63, 3.8) is 0 Å². The number of anilines is 2. The number of carbonyl (C=O) groups excluding carboxylic acids is 1. The zero-order valence-corrected chi connectivity index (χ0v) is 14.8. The van der Waals surface area contributed by atoms with Crippen molar-refractivity contribution in [2.45, 2.75) is 0 Å². The summed E-state index contributed by atoms with van der Waals surface area (Å²) in [4.78, 5) is 16.4. The summed E-state index contributed by atoms with van der Waals surface area (Å²) in [6.45, 7) is 3.07. The van der Waals surface area contributed by atoms with E-state index in [9.17, 15) is 4.79 Å². The van der Waals surface area contributed by atoms with Gasteiger partial charge in [-0.15, -0.1) is 0 Å². The van der Waals surface area contributed by atoms with Crippen LogP contribution in [0.15, 0.2) is 53.0 Å². The molecule has 0 aromatic heterocycles. The Morgan fingerprint density at radius 1 is 0.957 bits per heavy atom. The van der Waals surface area contributed by atoms with Crippen LogP contribution in [0.5, 0.6) is 0 Å².